The zero-order valence-electron chi connectivity index (χ0n) is 9.34. The SMILES string of the molecule is Cc1cc(O)ccc1-c1cncc(C(N)=S)c1. The van der Waals surface area contributed by atoms with Crippen molar-refractivity contribution in [3.63, 3.8) is 0 Å². The number of nitrogens with two attached hydrogens (primary N) is 1. The van der Waals surface area contributed by atoms with E-state index in [-0.39, 0.29) is 5.75 Å². The number of pyridine rings is 1. The van der Waals surface area contributed by atoms with Gasteiger partial charge in [-0.1, -0.05) is 18.3 Å². The quantitative estimate of drug-likeness (QED) is 0.796. The first kappa shape index (κ1) is 11.5. The van der Waals surface area contributed by atoms with Gasteiger partial charge in [0, 0.05) is 23.5 Å². The van der Waals surface area contributed by atoms with Crippen LogP contribution in [0.2, 0.25) is 0 Å². The van der Waals surface area contributed by atoms with E-state index < -0.39 is 0 Å². The van der Waals surface area contributed by atoms with Gasteiger partial charge in [-0.05, 0) is 36.2 Å². The van der Waals surface area contributed by atoms with E-state index in [1.165, 1.54) is 0 Å². The van der Waals surface area contributed by atoms with Gasteiger partial charge in [0.2, 0.25) is 0 Å². The molecule has 1 aromatic heterocycles. The Balaban J connectivity index is 2.53. The lowest BCUT2D eigenvalue weighted by atomic mass is 10.0. The number of benzene rings is 1. The fraction of sp³-hybridized carbons (Fsp3) is 0.0769. The Hall–Kier alpha value is -1.94. The minimum absolute atomic E-state index is 0.254. The van der Waals surface area contributed by atoms with Crippen LogP contribution in [0.25, 0.3) is 11.1 Å². The zero-order chi connectivity index (χ0) is 12.4. The molecule has 0 aliphatic rings. The summed E-state index contributed by atoms with van der Waals surface area (Å²) in [6, 6.07) is 7.11. The molecule has 2 rings (SSSR count). The van der Waals surface area contributed by atoms with E-state index in [0.29, 0.717) is 4.99 Å². The Kier molecular flexibility index (Phi) is 3.06. The second kappa shape index (κ2) is 4.51. The average molecular weight is 244 g/mol. The van der Waals surface area contributed by atoms with Crippen LogP contribution in [0, 0.1) is 6.92 Å². The molecule has 0 unspecified atom stereocenters. The van der Waals surface area contributed by atoms with Gasteiger partial charge in [-0.25, -0.2) is 0 Å². The maximum atomic E-state index is 9.37. The van der Waals surface area contributed by atoms with Gasteiger partial charge in [0.05, 0.1) is 0 Å². The van der Waals surface area contributed by atoms with Gasteiger partial charge in [0.1, 0.15) is 10.7 Å². The number of aryl methyl sites for hydroxylation is 1. The van der Waals surface area contributed by atoms with Gasteiger partial charge in [0.25, 0.3) is 0 Å². The molecule has 1 heterocycles. The van der Waals surface area contributed by atoms with E-state index in [0.717, 1.165) is 22.3 Å². The molecule has 3 nitrogen and oxygen atoms in total. The molecule has 4 heteroatoms. The van der Waals surface area contributed by atoms with Gasteiger partial charge in [-0.15, -0.1) is 0 Å². The summed E-state index contributed by atoms with van der Waals surface area (Å²) in [6.07, 6.45) is 3.39. The largest absolute Gasteiger partial charge is 0.508 e. The predicted octanol–water partition coefficient (Wildman–Crippen LogP) is 2.40. The number of aromatic hydroxyl groups is 1. The van der Waals surface area contributed by atoms with E-state index in [1.807, 2.05) is 19.1 Å². The Labute approximate surface area is 105 Å². The van der Waals surface area contributed by atoms with Gasteiger partial charge < -0.3 is 10.8 Å². The molecule has 0 bridgehead atoms. The molecule has 0 amide bonds. The van der Waals surface area contributed by atoms with E-state index in [2.05, 4.69) is 4.98 Å². The molecule has 0 aliphatic heterocycles. The Morgan fingerprint density at radius 3 is 2.71 bits per heavy atom. The third kappa shape index (κ3) is 2.42. The molecule has 0 saturated heterocycles. The highest BCUT2D eigenvalue weighted by Gasteiger charge is 2.05. The number of aromatic nitrogens is 1. The first-order valence-corrected chi connectivity index (χ1v) is 5.53. The van der Waals surface area contributed by atoms with Crippen molar-refractivity contribution >= 4 is 17.2 Å². The molecular formula is C13H12N2OS. The molecule has 3 N–H and O–H groups in total. The second-order valence-electron chi connectivity index (χ2n) is 3.83. The molecule has 0 saturated carbocycles. The molecule has 17 heavy (non-hydrogen) atoms. The number of thiocarbonyl (C=S) groups is 1. The van der Waals surface area contributed by atoms with Crippen LogP contribution in [0.3, 0.4) is 0 Å². The van der Waals surface area contributed by atoms with Crippen LogP contribution in [-0.4, -0.2) is 15.1 Å². The van der Waals surface area contributed by atoms with Gasteiger partial charge >= 0.3 is 0 Å². The Morgan fingerprint density at radius 2 is 2.06 bits per heavy atom. The molecule has 86 valence electrons. The lowest BCUT2D eigenvalue weighted by molar-refractivity contribution is 0.475. The van der Waals surface area contributed by atoms with E-state index in [4.69, 9.17) is 18.0 Å². The molecule has 0 aliphatic carbocycles. The van der Waals surface area contributed by atoms with Crippen molar-refractivity contribution in [1.82, 2.24) is 4.98 Å². The molecule has 0 atom stereocenters. The van der Waals surface area contributed by atoms with Crippen LogP contribution in [0.5, 0.6) is 5.75 Å². The topological polar surface area (TPSA) is 59.1 Å². The number of hydrogen-bond donors (Lipinski definition) is 2. The molecule has 2 aromatic rings. The highest BCUT2D eigenvalue weighted by Crippen LogP contribution is 2.26. The van der Waals surface area contributed by atoms with Crippen molar-refractivity contribution in [3.8, 4) is 16.9 Å². The van der Waals surface area contributed by atoms with Crippen LogP contribution in [0.1, 0.15) is 11.1 Å². The average Bonchev–Trinajstić information content (AvgIpc) is 2.29. The summed E-state index contributed by atoms with van der Waals surface area (Å²) in [7, 11) is 0. The van der Waals surface area contributed by atoms with Crippen LogP contribution in [0.15, 0.2) is 36.7 Å². The highest BCUT2D eigenvalue weighted by molar-refractivity contribution is 7.80. The van der Waals surface area contributed by atoms with Gasteiger partial charge in [-0.3, -0.25) is 4.98 Å². The third-order valence-corrected chi connectivity index (χ3v) is 2.78. The van der Waals surface area contributed by atoms with Crippen molar-refractivity contribution in [3.05, 3.63) is 47.8 Å². The first-order chi connectivity index (χ1) is 8.08. The monoisotopic (exact) mass is 244 g/mol. The summed E-state index contributed by atoms with van der Waals surface area (Å²) in [5, 5.41) is 9.37. The highest BCUT2D eigenvalue weighted by atomic mass is 32.1. The summed E-state index contributed by atoms with van der Waals surface area (Å²) in [5.41, 5.74) is 9.24. The maximum absolute atomic E-state index is 9.37. The van der Waals surface area contributed by atoms with Crippen LogP contribution >= 0.6 is 12.2 Å². The second-order valence-corrected chi connectivity index (χ2v) is 4.27. The fourth-order valence-electron chi connectivity index (χ4n) is 1.69. The van der Waals surface area contributed by atoms with Gasteiger partial charge in [0.15, 0.2) is 0 Å². The lowest BCUT2D eigenvalue weighted by Gasteiger charge is -2.07. The summed E-state index contributed by atoms with van der Waals surface area (Å²) in [6.45, 7) is 1.93. The number of phenolic OH excluding ortho intramolecular Hbond substituents is 1. The minimum Gasteiger partial charge on any atom is -0.508 e. The van der Waals surface area contributed by atoms with Crippen LogP contribution in [-0.2, 0) is 0 Å². The summed E-state index contributed by atoms with van der Waals surface area (Å²) < 4.78 is 0. The number of rotatable bonds is 2. The standard InChI is InChI=1S/C13H12N2OS/c1-8-4-11(16)2-3-12(8)9-5-10(13(14)17)7-15-6-9/h2-7,16H,1H3,(H2,14,17). The number of hydrogen-bond acceptors (Lipinski definition) is 3. The van der Waals surface area contributed by atoms with Gasteiger partial charge in [-0.2, -0.15) is 0 Å². The van der Waals surface area contributed by atoms with Crippen molar-refractivity contribution in [2.45, 2.75) is 6.92 Å². The number of phenols is 1. The van der Waals surface area contributed by atoms with E-state index >= 15 is 0 Å². The summed E-state index contributed by atoms with van der Waals surface area (Å²) >= 11 is 4.92. The molecule has 0 spiro atoms. The lowest BCUT2D eigenvalue weighted by Crippen LogP contribution is -2.09. The Morgan fingerprint density at radius 1 is 1.29 bits per heavy atom. The molecule has 0 fully saturated rings. The van der Waals surface area contributed by atoms with Crippen molar-refractivity contribution in [2.24, 2.45) is 5.73 Å². The third-order valence-electron chi connectivity index (χ3n) is 2.54. The normalized spacial score (nSPS) is 10.2. The predicted molar refractivity (Wildman–Crippen MR) is 72.0 cm³/mol. The molecule has 0 radical (unpaired) electrons. The smallest absolute Gasteiger partial charge is 0.115 e. The van der Waals surface area contributed by atoms with Crippen LogP contribution < -0.4 is 5.73 Å². The first-order valence-electron chi connectivity index (χ1n) is 5.13. The fourth-order valence-corrected chi connectivity index (χ4v) is 1.81. The number of nitrogens with zero attached hydrogens (tertiary/aromatic N) is 1. The summed E-state index contributed by atoms with van der Waals surface area (Å²) in [4.78, 5) is 4.45. The van der Waals surface area contributed by atoms with Crippen molar-refractivity contribution < 1.29 is 5.11 Å². The molecule has 1 aromatic carbocycles. The molecular weight excluding hydrogens is 232 g/mol. The van der Waals surface area contributed by atoms with Crippen LogP contribution in [0.4, 0.5) is 0 Å². The Bertz CT molecular complexity index is 581. The van der Waals surface area contributed by atoms with Crippen molar-refractivity contribution in [2.75, 3.05) is 0 Å². The van der Waals surface area contributed by atoms with Crippen molar-refractivity contribution in [1.29, 1.82) is 0 Å². The zero-order valence-corrected chi connectivity index (χ0v) is 10.2. The van der Waals surface area contributed by atoms with E-state index in [9.17, 15) is 5.11 Å². The summed E-state index contributed by atoms with van der Waals surface area (Å²) in [5.74, 6) is 0.254. The minimum atomic E-state index is 0.254. The van der Waals surface area contributed by atoms with E-state index in [1.54, 1.807) is 24.5 Å². The maximum Gasteiger partial charge on any atom is 0.115 e.